The fraction of sp³-hybridized carbons (Fsp3) is 0.600. The van der Waals surface area contributed by atoms with Gasteiger partial charge >= 0.3 is 0 Å². The number of sulfonamides is 1. The summed E-state index contributed by atoms with van der Waals surface area (Å²) in [4.78, 5) is 0.1000. The van der Waals surface area contributed by atoms with Gasteiger partial charge in [0, 0.05) is 6.54 Å². The van der Waals surface area contributed by atoms with Crippen molar-refractivity contribution in [1.82, 2.24) is 4.72 Å². The van der Waals surface area contributed by atoms with Gasteiger partial charge in [0.2, 0.25) is 10.0 Å². The van der Waals surface area contributed by atoms with Crippen molar-refractivity contribution in [3.05, 3.63) is 23.0 Å². The quantitative estimate of drug-likeness (QED) is 0.839. The maximum atomic E-state index is 13.6. The summed E-state index contributed by atoms with van der Waals surface area (Å²) in [6.07, 6.45) is 4.33. The second-order valence-corrected chi connectivity index (χ2v) is 8.09. The van der Waals surface area contributed by atoms with Crippen LogP contribution >= 0.6 is 0 Å². The van der Waals surface area contributed by atoms with Crippen LogP contribution in [0.2, 0.25) is 0 Å². The van der Waals surface area contributed by atoms with Gasteiger partial charge in [-0.2, -0.15) is 0 Å². The Bertz CT molecular complexity index is 650. The van der Waals surface area contributed by atoms with Crippen LogP contribution in [-0.2, 0) is 10.0 Å². The van der Waals surface area contributed by atoms with Gasteiger partial charge in [0.1, 0.15) is 5.82 Å². The van der Waals surface area contributed by atoms with Crippen LogP contribution in [0, 0.1) is 25.1 Å². The van der Waals surface area contributed by atoms with E-state index in [1.807, 2.05) is 0 Å². The van der Waals surface area contributed by atoms with Crippen molar-refractivity contribution in [1.29, 1.82) is 0 Å². The first-order chi connectivity index (χ1) is 9.66. The molecule has 3 N–H and O–H groups in total. The third-order valence-corrected chi connectivity index (χ3v) is 6.16. The van der Waals surface area contributed by atoms with Crippen molar-refractivity contribution in [2.24, 2.45) is 5.41 Å². The molecule has 0 radical (unpaired) electrons. The SMILES string of the molecule is Cc1cc(F)c(N)c(C)c1S(=O)(=O)NCC1(C)CCCC1. The number of anilines is 1. The number of rotatable bonds is 4. The number of nitrogens with one attached hydrogen (secondary N) is 1. The lowest BCUT2D eigenvalue weighted by Crippen LogP contribution is -2.35. The lowest BCUT2D eigenvalue weighted by Gasteiger charge is -2.24. The molecule has 0 unspecified atom stereocenters. The van der Waals surface area contributed by atoms with Gasteiger partial charge in [0.05, 0.1) is 10.6 Å². The summed E-state index contributed by atoms with van der Waals surface area (Å²) in [5, 5.41) is 0. The molecule has 1 aliphatic carbocycles. The second-order valence-electron chi connectivity index (χ2n) is 6.39. The van der Waals surface area contributed by atoms with Crippen molar-refractivity contribution in [3.8, 4) is 0 Å². The van der Waals surface area contributed by atoms with Crippen LogP contribution in [-0.4, -0.2) is 15.0 Å². The number of nitrogen functional groups attached to an aromatic ring is 1. The van der Waals surface area contributed by atoms with E-state index >= 15 is 0 Å². The molecule has 0 bridgehead atoms. The second kappa shape index (κ2) is 5.57. The lowest BCUT2D eigenvalue weighted by atomic mass is 9.89. The Morgan fingerprint density at radius 2 is 1.90 bits per heavy atom. The molecular weight excluding hydrogens is 291 g/mol. The number of aryl methyl sites for hydroxylation is 1. The maximum absolute atomic E-state index is 13.6. The highest BCUT2D eigenvalue weighted by atomic mass is 32.2. The number of hydrogen-bond acceptors (Lipinski definition) is 3. The van der Waals surface area contributed by atoms with E-state index < -0.39 is 15.8 Å². The zero-order valence-electron chi connectivity index (χ0n) is 12.8. The Morgan fingerprint density at radius 1 is 1.33 bits per heavy atom. The fourth-order valence-corrected chi connectivity index (χ4v) is 4.77. The molecule has 1 fully saturated rings. The molecule has 6 heteroatoms. The summed E-state index contributed by atoms with van der Waals surface area (Å²) < 4.78 is 41.3. The van der Waals surface area contributed by atoms with Gasteiger partial charge in [-0.3, -0.25) is 0 Å². The predicted molar refractivity (Wildman–Crippen MR) is 82.0 cm³/mol. The molecule has 1 aromatic rings. The smallest absolute Gasteiger partial charge is 0.241 e. The van der Waals surface area contributed by atoms with Crippen molar-refractivity contribution < 1.29 is 12.8 Å². The first kappa shape index (κ1) is 16.2. The van der Waals surface area contributed by atoms with Crippen LogP contribution in [0.15, 0.2) is 11.0 Å². The van der Waals surface area contributed by atoms with Gasteiger partial charge in [-0.05, 0) is 49.3 Å². The number of halogens is 1. The van der Waals surface area contributed by atoms with E-state index in [-0.39, 0.29) is 21.6 Å². The van der Waals surface area contributed by atoms with Crippen LogP contribution in [0.5, 0.6) is 0 Å². The fourth-order valence-electron chi connectivity index (χ4n) is 3.09. The molecule has 0 spiro atoms. The van der Waals surface area contributed by atoms with E-state index in [0.717, 1.165) is 25.7 Å². The van der Waals surface area contributed by atoms with Crippen molar-refractivity contribution >= 4 is 15.7 Å². The summed E-state index contributed by atoms with van der Waals surface area (Å²) in [7, 11) is -3.68. The molecule has 118 valence electrons. The molecule has 4 nitrogen and oxygen atoms in total. The predicted octanol–water partition coefficient (Wildman–Crippen LogP) is 2.88. The van der Waals surface area contributed by atoms with E-state index in [9.17, 15) is 12.8 Å². The lowest BCUT2D eigenvalue weighted by molar-refractivity contribution is 0.336. The van der Waals surface area contributed by atoms with Gasteiger partial charge in [-0.15, -0.1) is 0 Å². The molecule has 1 aromatic carbocycles. The molecule has 0 aliphatic heterocycles. The molecule has 1 aliphatic rings. The van der Waals surface area contributed by atoms with E-state index in [1.54, 1.807) is 6.92 Å². The highest BCUT2D eigenvalue weighted by Crippen LogP contribution is 2.37. The molecule has 0 aromatic heterocycles. The van der Waals surface area contributed by atoms with Gasteiger partial charge in [-0.1, -0.05) is 19.8 Å². The Morgan fingerprint density at radius 3 is 2.48 bits per heavy atom. The van der Waals surface area contributed by atoms with Crippen LogP contribution in [0.25, 0.3) is 0 Å². The van der Waals surface area contributed by atoms with Crippen molar-refractivity contribution in [3.63, 3.8) is 0 Å². The largest absolute Gasteiger partial charge is 0.396 e. The van der Waals surface area contributed by atoms with Crippen molar-refractivity contribution in [2.45, 2.75) is 51.3 Å². The zero-order chi connectivity index (χ0) is 15.8. The van der Waals surface area contributed by atoms with Crippen molar-refractivity contribution in [2.75, 3.05) is 12.3 Å². The summed E-state index contributed by atoms with van der Waals surface area (Å²) in [5.74, 6) is -0.577. The monoisotopic (exact) mass is 314 g/mol. The van der Waals surface area contributed by atoms with E-state index in [1.165, 1.54) is 13.0 Å². The summed E-state index contributed by atoms with van der Waals surface area (Å²) >= 11 is 0. The summed E-state index contributed by atoms with van der Waals surface area (Å²) in [6.45, 7) is 5.63. The highest BCUT2D eigenvalue weighted by molar-refractivity contribution is 7.89. The molecular formula is C15H23FN2O2S. The van der Waals surface area contributed by atoms with Crippen LogP contribution in [0.1, 0.15) is 43.7 Å². The first-order valence-corrected chi connectivity index (χ1v) is 8.69. The minimum atomic E-state index is -3.68. The Balaban J connectivity index is 2.30. The van der Waals surface area contributed by atoms with Gasteiger partial charge in [0.25, 0.3) is 0 Å². The number of benzene rings is 1. The number of hydrogen-bond donors (Lipinski definition) is 2. The van der Waals surface area contributed by atoms with E-state index in [0.29, 0.717) is 12.1 Å². The molecule has 0 saturated heterocycles. The average Bonchev–Trinajstić information content (AvgIpc) is 2.81. The Labute approximate surface area is 126 Å². The standard InChI is InChI=1S/C15H23FN2O2S/c1-10-8-12(16)13(17)11(2)14(10)21(19,20)18-9-15(3)6-4-5-7-15/h8,18H,4-7,9,17H2,1-3H3. The highest BCUT2D eigenvalue weighted by Gasteiger charge is 2.31. The Kier molecular flexibility index (Phi) is 4.31. The summed E-state index contributed by atoms with van der Waals surface area (Å²) in [5.41, 5.74) is 6.19. The first-order valence-electron chi connectivity index (χ1n) is 7.21. The molecule has 0 amide bonds. The molecule has 0 heterocycles. The normalized spacial score (nSPS) is 18.1. The minimum Gasteiger partial charge on any atom is -0.396 e. The third-order valence-electron chi connectivity index (χ3n) is 4.47. The molecule has 1 saturated carbocycles. The van der Waals surface area contributed by atoms with Crippen LogP contribution < -0.4 is 10.5 Å². The van der Waals surface area contributed by atoms with Crippen LogP contribution in [0.4, 0.5) is 10.1 Å². The average molecular weight is 314 g/mol. The Hall–Kier alpha value is -1.14. The third kappa shape index (κ3) is 3.21. The van der Waals surface area contributed by atoms with Gasteiger partial charge < -0.3 is 5.73 Å². The maximum Gasteiger partial charge on any atom is 0.241 e. The topological polar surface area (TPSA) is 72.2 Å². The van der Waals surface area contributed by atoms with Gasteiger partial charge in [-0.25, -0.2) is 17.5 Å². The van der Waals surface area contributed by atoms with Gasteiger partial charge in [0.15, 0.2) is 0 Å². The summed E-state index contributed by atoms with van der Waals surface area (Å²) in [6, 6.07) is 1.17. The van der Waals surface area contributed by atoms with E-state index in [4.69, 9.17) is 5.73 Å². The molecule has 21 heavy (non-hydrogen) atoms. The minimum absolute atomic E-state index is 0.0143. The van der Waals surface area contributed by atoms with Crippen LogP contribution in [0.3, 0.4) is 0 Å². The number of nitrogens with two attached hydrogens (primary N) is 1. The zero-order valence-corrected chi connectivity index (χ0v) is 13.6. The molecule has 2 rings (SSSR count). The van der Waals surface area contributed by atoms with E-state index in [2.05, 4.69) is 11.6 Å². The molecule has 0 atom stereocenters.